The van der Waals surface area contributed by atoms with Crippen molar-refractivity contribution in [1.29, 1.82) is 0 Å². The van der Waals surface area contributed by atoms with E-state index in [-0.39, 0.29) is 17.7 Å². The quantitative estimate of drug-likeness (QED) is 0.739. The number of thioether (sulfide) groups is 1. The van der Waals surface area contributed by atoms with Gasteiger partial charge in [-0.25, -0.2) is 4.79 Å². The molecule has 2 aliphatic rings. The van der Waals surface area contributed by atoms with Crippen LogP contribution in [0.15, 0.2) is 41.6 Å². The number of amides is 2. The van der Waals surface area contributed by atoms with Gasteiger partial charge in [-0.1, -0.05) is 25.1 Å². The highest BCUT2D eigenvalue weighted by molar-refractivity contribution is 8.00. The summed E-state index contributed by atoms with van der Waals surface area (Å²) < 4.78 is 5.36. The molecule has 25 heavy (non-hydrogen) atoms. The van der Waals surface area contributed by atoms with Gasteiger partial charge in [-0.3, -0.25) is 14.5 Å². The van der Waals surface area contributed by atoms with Crippen molar-refractivity contribution in [2.24, 2.45) is 0 Å². The molecule has 0 unspecified atom stereocenters. The number of carbonyl (C=O) groups is 3. The van der Waals surface area contributed by atoms with Gasteiger partial charge in [0.2, 0.25) is 0 Å². The topological polar surface area (TPSA) is 95.9 Å². The fraction of sp³-hybridized carbons (Fsp3) is 0.353. The number of aliphatic carboxylic acids is 1. The zero-order valence-electron chi connectivity index (χ0n) is 13.6. The first kappa shape index (κ1) is 17.3. The summed E-state index contributed by atoms with van der Waals surface area (Å²) >= 11 is 1.46. The first-order valence-corrected chi connectivity index (χ1v) is 8.95. The highest BCUT2D eigenvalue weighted by Gasteiger charge is 2.53. The third-order valence-corrected chi connectivity index (χ3v) is 5.45. The summed E-state index contributed by atoms with van der Waals surface area (Å²) in [5.41, 5.74) is 0.793. The lowest BCUT2D eigenvalue weighted by Crippen LogP contribution is -2.70. The zero-order valence-corrected chi connectivity index (χ0v) is 14.4. The van der Waals surface area contributed by atoms with E-state index in [0.717, 1.165) is 5.57 Å². The van der Waals surface area contributed by atoms with E-state index in [1.165, 1.54) is 16.7 Å². The molecule has 1 aromatic rings. The first-order chi connectivity index (χ1) is 12.0. The fourth-order valence-corrected chi connectivity index (χ4v) is 4.28. The van der Waals surface area contributed by atoms with Crippen LogP contribution < -0.4 is 10.1 Å². The van der Waals surface area contributed by atoms with Gasteiger partial charge < -0.3 is 15.2 Å². The Morgan fingerprint density at radius 3 is 2.72 bits per heavy atom. The van der Waals surface area contributed by atoms with Gasteiger partial charge in [-0.15, -0.1) is 11.8 Å². The van der Waals surface area contributed by atoms with Gasteiger partial charge in [-0.05, 0) is 24.1 Å². The largest absolute Gasteiger partial charge is 0.484 e. The molecule has 2 heterocycles. The summed E-state index contributed by atoms with van der Waals surface area (Å²) in [6.07, 6.45) is 0.576. The maximum Gasteiger partial charge on any atom is 0.352 e. The number of β-lactam (4-membered cyclic amide) rings is 1. The van der Waals surface area contributed by atoms with E-state index in [9.17, 15) is 19.5 Å². The van der Waals surface area contributed by atoms with Gasteiger partial charge in [-0.2, -0.15) is 0 Å². The summed E-state index contributed by atoms with van der Waals surface area (Å²) in [6.45, 7) is 1.66. The van der Waals surface area contributed by atoms with E-state index in [1.54, 1.807) is 24.3 Å². The summed E-state index contributed by atoms with van der Waals surface area (Å²) in [5.74, 6) is -0.805. The van der Waals surface area contributed by atoms with E-state index in [2.05, 4.69) is 5.32 Å². The molecule has 0 radical (unpaired) electrons. The van der Waals surface area contributed by atoms with Crippen LogP contribution in [0.4, 0.5) is 0 Å². The molecule has 0 bridgehead atoms. The van der Waals surface area contributed by atoms with Crippen LogP contribution in [0.5, 0.6) is 5.75 Å². The molecule has 1 fully saturated rings. The Morgan fingerprint density at radius 2 is 2.08 bits per heavy atom. The normalized spacial score (nSPS) is 22.1. The fourth-order valence-electron chi connectivity index (χ4n) is 2.83. The number of ether oxygens (including phenoxy) is 1. The van der Waals surface area contributed by atoms with Gasteiger partial charge >= 0.3 is 5.97 Å². The Labute approximate surface area is 149 Å². The maximum atomic E-state index is 12.3. The molecular weight excluding hydrogens is 344 g/mol. The minimum atomic E-state index is -1.10. The van der Waals surface area contributed by atoms with Crippen LogP contribution in [0.3, 0.4) is 0 Å². The molecule has 8 heteroatoms. The average molecular weight is 362 g/mol. The molecule has 0 aromatic heterocycles. The van der Waals surface area contributed by atoms with E-state index < -0.39 is 23.8 Å². The molecule has 0 spiro atoms. The number of benzene rings is 1. The summed E-state index contributed by atoms with van der Waals surface area (Å²) in [4.78, 5) is 37.1. The van der Waals surface area contributed by atoms with Gasteiger partial charge in [0.15, 0.2) is 6.61 Å². The summed E-state index contributed by atoms with van der Waals surface area (Å²) in [6, 6.07) is 8.18. The Hall–Kier alpha value is -2.48. The molecular formula is C17H18N2O5S. The van der Waals surface area contributed by atoms with E-state index in [4.69, 9.17) is 4.74 Å². The van der Waals surface area contributed by atoms with Crippen LogP contribution in [0.2, 0.25) is 0 Å². The number of carboxylic acids is 1. The number of carboxylic acid groups (broad SMARTS) is 1. The number of rotatable bonds is 6. The Kier molecular flexibility index (Phi) is 4.98. The molecule has 1 saturated heterocycles. The van der Waals surface area contributed by atoms with Crippen molar-refractivity contribution in [1.82, 2.24) is 10.2 Å². The van der Waals surface area contributed by atoms with Gasteiger partial charge in [0.25, 0.3) is 11.8 Å². The number of carbonyl (C=O) groups excluding carboxylic acids is 2. The molecule has 2 aliphatic heterocycles. The third-order valence-electron chi connectivity index (χ3n) is 4.11. The van der Waals surface area contributed by atoms with E-state index >= 15 is 0 Å². The SMILES string of the molecule is CCC1=C(C(=O)O)N2C(=O)[C@@H](NC(=O)COc3ccccc3)[C@H]2SC1. The van der Waals surface area contributed by atoms with Crippen LogP contribution in [0, 0.1) is 0 Å². The van der Waals surface area contributed by atoms with Crippen LogP contribution in [0.25, 0.3) is 0 Å². The maximum absolute atomic E-state index is 12.3. The second-order valence-corrected chi connectivity index (χ2v) is 6.77. The Bertz CT molecular complexity index is 734. The van der Waals surface area contributed by atoms with Crippen LogP contribution >= 0.6 is 11.8 Å². The molecule has 0 aliphatic carbocycles. The van der Waals surface area contributed by atoms with Gasteiger partial charge in [0.1, 0.15) is 22.9 Å². The molecule has 2 atom stereocenters. The lowest BCUT2D eigenvalue weighted by molar-refractivity contribution is -0.151. The van der Waals surface area contributed by atoms with Gasteiger partial charge in [0.05, 0.1) is 0 Å². The van der Waals surface area contributed by atoms with Crippen molar-refractivity contribution in [3.05, 3.63) is 41.6 Å². The minimum absolute atomic E-state index is 0.0577. The van der Waals surface area contributed by atoms with Crippen molar-refractivity contribution in [2.75, 3.05) is 12.4 Å². The van der Waals surface area contributed by atoms with Crippen LogP contribution in [0.1, 0.15) is 13.3 Å². The second kappa shape index (κ2) is 7.18. The van der Waals surface area contributed by atoms with Crippen molar-refractivity contribution < 1.29 is 24.2 Å². The number of nitrogens with zero attached hydrogens (tertiary/aromatic N) is 1. The summed E-state index contributed by atoms with van der Waals surface area (Å²) in [7, 11) is 0. The van der Waals surface area contributed by atoms with Crippen molar-refractivity contribution in [3.8, 4) is 5.75 Å². The van der Waals surface area contributed by atoms with Crippen LogP contribution in [-0.2, 0) is 14.4 Å². The lowest BCUT2D eigenvalue weighted by atomic mass is 10.0. The number of para-hydroxylation sites is 1. The van der Waals surface area contributed by atoms with Gasteiger partial charge in [0, 0.05) is 5.75 Å². The lowest BCUT2D eigenvalue weighted by Gasteiger charge is -2.49. The minimum Gasteiger partial charge on any atom is -0.484 e. The van der Waals surface area contributed by atoms with Crippen LogP contribution in [-0.4, -0.2) is 51.6 Å². The molecule has 2 amide bonds. The average Bonchev–Trinajstić information content (AvgIpc) is 2.63. The van der Waals surface area contributed by atoms with E-state index in [1.807, 2.05) is 13.0 Å². The monoisotopic (exact) mass is 362 g/mol. The molecule has 7 nitrogen and oxygen atoms in total. The second-order valence-electron chi connectivity index (χ2n) is 5.67. The van der Waals surface area contributed by atoms with Crippen molar-refractivity contribution in [2.45, 2.75) is 24.8 Å². The smallest absolute Gasteiger partial charge is 0.352 e. The molecule has 132 valence electrons. The molecule has 3 rings (SSSR count). The number of fused-ring (bicyclic) bond motifs is 1. The van der Waals surface area contributed by atoms with Crippen molar-refractivity contribution >= 4 is 29.5 Å². The summed E-state index contributed by atoms with van der Waals surface area (Å²) in [5, 5.41) is 11.6. The first-order valence-electron chi connectivity index (χ1n) is 7.90. The number of nitrogens with one attached hydrogen (secondary N) is 1. The third kappa shape index (κ3) is 3.34. The number of hydrogen-bond acceptors (Lipinski definition) is 5. The number of hydrogen-bond donors (Lipinski definition) is 2. The predicted octanol–water partition coefficient (Wildman–Crippen LogP) is 1.21. The Morgan fingerprint density at radius 1 is 1.36 bits per heavy atom. The molecule has 1 aromatic carbocycles. The highest BCUT2D eigenvalue weighted by atomic mass is 32.2. The van der Waals surface area contributed by atoms with E-state index in [0.29, 0.717) is 17.9 Å². The molecule has 2 N–H and O–H groups in total. The zero-order chi connectivity index (χ0) is 18.0. The predicted molar refractivity (Wildman–Crippen MR) is 91.9 cm³/mol. The van der Waals surface area contributed by atoms with Crippen molar-refractivity contribution in [3.63, 3.8) is 0 Å². The standard InChI is InChI=1S/C17H18N2O5S/c1-2-10-9-25-16-13(15(21)19(16)14(10)17(22)23)18-12(20)8-24-11-6-4-3-5-7-11/h3-7,13,16H,2,8-9H2,1H3,(H,18,20)(H,22,23)/t13-,16-/m1/s1. The highest BCUT2D eigenvalue weighted by Crippen LogP contribution is 2.40. The Balaban J connectivity index is 1.61. The molecule has 0 saturated carbocycles.